The van der Waals surface area contributed by atoms with Crippen LogP contribution in [0.2, 0.25) is 0 Å². The Morgan fingerprint density at radius 1 is 1.36 bits per heavy atom. The number of aromatic nitrogens is 2. The Labute approximate surface area is 130 Å². The van der Waals surface area contributed by atoms with Crippen LogP contribution < -0.4 is 5.32 Å². The summed E-state index contributed by atoms with van der Waals surface area (Å²) in [6, 6.07) is -0.324. The van der Waals surface area contributed by atoms with E-state index >= 15 is 0 Å². The minimum Gasteiger partial charge on any atom is -0.381 e. The van der Waals surface area contributed by atoms with Gasteiger partial charge in [0.15, 0.2) is 5.82 Å². The summed E-state index contributed by atoms with van der Waals surface area (Å²) < 4.78 is 10.6. The molecule has 0 aromatic carbocycles. The zero-order chi connectivity index (χ0) is 15.6. The standard InChI is InChI=1S/C15H24N4O3/c1-11(13-17-12(2)18-22-13)16-14(20)19-7-3-4-15(10-19)5-8-21-9-6-15/h11H,3-10H2,1-2H3,(H,16,20). The zero-order valence-corrected chi connectivity index (χ0v) is 13.3. The lowest BCUT2D eigenvalue weighted by molar-refractivity contribution is -0.0188. The maximum absolute atomic E-state index is 12.5. The van der Waals surface area contributed by atoms with Gasteiger partial charge in [-0.05, 0) is 44.9 Å². The Morgan fingerprint density at radius 3 is 2.82 bits per heavy atom. The smallest absolute Gasteiger partial charge is 0.318 e. The molecule has 7 nitrogen and oxygen atoms in total. The number of carbonyl (C=O) groups excluding carboxylic acids is 1. The summed E-state index contributed by atoms with van der Waals surface area (Å²) in [6.07, 6.45) is 4.35. The third-order valence-corrected chi connectivity index (χ3v) is 4.76. The van der Waals surface area contributed by atoms with Gasteiger partial charge in [0, 0.05) is 26.3 Å². The molecule has 3 rings (SSSR count). The van der Waals surface area contributed by atoms with Gasteiger partial charge in [0.2, 0.25) is 5.89 Å². The lowest BCUT2D eigenvalue weighted by Crippen LogP contribution is -2.51. The largest absolute Gasteiger partial charge is 0.381 e. The molecule has 3 heterocycles. The molecule has 0 aliphatic carbocycles. The van der Waals surface area contributed by atoms with Crippen molar-refractivity contribution in [3.05, 3.63) is 11.7 Å². The van der Waals surface area contributed by atoms with Crippen LogP contribution in [0.3, 0.4) is 0 Å². The Bertz CT molecular complexity index is 519. The molecule has 22 heavy (non-hydrogen) atoms. The fourth-order valence-electron chi connectivity index (χ4n) is 3.42. The quantitative estimate of drug-likeness (QED) is 0.904. The third kappa shape index (κ3) is 3.24. The first-order valence-corrected chi connectivity index (χ1v) is 8.01. The van der Waals surface area contributed by atoms with Crippen molar-refractivity contribution in [1.29, 1.82) is 0 Å². The van der Waals surface area contributed by atoms with Crippen molar-refractivity contribution in [3.63, 3.8) is 0 Å². The van der Waals surface area contributed by atoms with Gasteiger partial charge in [-0.25, -0.2) is 4.79 Å². The highest BCUT2D eigenvalue weighted by Crippen LogP contribution is 2.39. The van der Waals surface area contributed by atoms with Crippen LogP contribution in [0, 0.1) is 12.3 Å². The maximum atomic E-state index is 12.5. The highest BCUT2D eigenvalue weighted by molar-refractivity contribution is 5.74. The molecule has 1 aromatic heterocycles. The number of urea groups is 1. The molecule has 0 saturated carbocycles. The van der Waals surface area contributed by atoms with E-state index < -0.39 is 0 Å². The molecular weight excluding hydrogens is 284 g/mol. The van der Waals surface area contributed by atoms with E-state index in [0.717, 1.165) is 45.6 Å². The average molecular weight is 308 g/mol. The van der Waals surface area contributed by atoms with Gasteiger partial charge in [0.05, 0.1) is 0 Å². The topological polar surface area (TPSA) is 80.5 Å². The molecule has 1 N–H and O–H groups in total. The Hall–Kier alpha value is -1.63. The van der Waals surface area contributed by atoms with Crippen LogP contribution in [0.4, 0.5) is 4.79 Å². The van der Waals surface area contributed by atoms with Crippen LogP contribution in [0.15, 0.2) is 4.52 Å². The Balaban J connectivity index is 1.59. The van der Waals surface area contributed by atoms with Gasteiger partial charge < -0.3 is 19.5 Å². The molecule has 2 aliphatic rings. The van der Waals surface area contributed by atoms with Crippen molar-refractivity contribution in [2.24, 2.45) is 5.41 Å². The molecule has 2 aliphatic heterocycles. The second kappa shape index (κ2) is 6.24. The van der Waals surface area contributed by atoms with Crippen LogP contribution in [0.25, 0.3) is 0 Å². The SMILES string of the molecule is Cc1noc(C(C)NC(=O)N2CCCC3(CCOCC3)C2)n1. The number of ether oxygens (including phenoxy) is 1. The lowest BCUT2D eigenvalue weighted by Gasteiger charge is -2.45. The molecule has 2 saturated heterocycles. The summed E-state index contributed by atoms with van der Waals surface area (Å²) in [5.74, 6) is 1.03. The van der Waals surface area contributed by atoms with E-state index in [9.17, 15) is 4.79 Å². The van der Waals surface area contributed by atoms with Crippen LogP contribution in [0.5, 0.6) is 0 Å². The number of amides is 2. The summed E-state index contributed by atoms with van der Waals surface area (Å²) in [5.41, 5.74) is 0.248. The summed E-state index contributed by atoms with van der Waals surface area (Å²) in [5, 5.41) is 6.72. The molecule has 1 aromatic rings. The van der Waals surface area contributed by atoms with Crippen LogP contribution in [-0.4, -0.2) is 47.4 Å². The van der Waals surface area contributed by atoms with E-state index in [-0.39, 0.29) is 17.5 Å². The van der Waals surface area contributed by atoms with Gasteiger partial charge in [-0.1, -0.05) is 5.16 Å². The number of carbonyl (C=O) groups is 1. The van der Waals surface area contributed by atoms with Crippen LogP contribution in [-0.2, 0) is 4.74 Å². The molecule has 122 valence electrons. The fourth-order valence-corrected chi connectivity index (χ4v) is 3.42. The number of piperidine rings is 1. The van der Waals surface area contributed by atoms with Gasteiger partial charge in [0.1, 0.15) is 6.04 Å². The van der Waals surface area contributed by atoms with Crippen molar-refractivity contribution in [2.45, 2.75) is 45.6 Å². The number of hydrogen-bond acceptors (Lipinski definition) is 5. The third-order valence-electron chi connectivity index (χ3n) is 4.76. The van der Waals surface area contributed by atoms with Crippen molar-refractivity contribution in [1.82, 2.24) is 20.4 Å². The molecule has 2 fully saturated rings. The molecule has 2 amide bonds. The van der Waals surface area contributed by atoms with Crippen molar-refractivity contribution < 1.29 is 14.1 Å². The zero-order valence-electron chi connectivity index (χ0n) is 13.3. The first kappa shape index (κ1) is 15.3. The van der Waals surface area contributed by atoms with E-state index in [1.807, 2.05) is 11.8 Å². The van der Waals surface area contributed by atoms with E-state index in [1.165, 1.54) is 6.42 Å². The minimum atomic E-state index is -0.277. The number of rotatable bonds is 2. The fraction of sp³-hybridized carbons (Fsp3) is 0.800. The number of nitrogens with one attached hydrogen (secondary N) is 1. The summed E-state index contributed by atoms with van der Waals surface area (Å²) in [7, 11) is 0. The summed E-state index contributed by atoms with van der Waals surface area (Å²) in [4.78, 5) is 18.6. The van der Waals surface area contributed by atoms with Crippen LogP contribution in [0.1, 0.15) is 50.4 Å². The van der Waals surface area contributed by atoms with Gasteiger partial charge in [-0.2, -0.15) is 4.98 Å². The molecular formula is C15H24N4O3. The second-order valence-corrected chi connectivity index (χ2v) is 6.49. The molecule has 0 radical (unpaired) electrons. The second-order valence-electron chi connectivity index (χ2n) is 6.49. The van der Waals surface area contributed by atoms with E-state index in [4.69, 9.17) is 9.26 Å². The molecule has 1 unspecified atom stereocenters. The van der Waals surface area contributed by atoms with Gasteiger partial charge >= 0.3 is 6.03 Å². The van der Waals surface area contributed by atoms with E-state index in [2.05, 4.69) is 15.5 Å². The highest BCUT2D eigenvalue weighted by Gasteiger charge is 2.38. The monoisotopic (exact) mass is 308 g/mol. The van der Waals surface area contributed by atoms with E-state index in [1.54, 1.807) is 6.92 Å². The number of hydrogen-bond donors (Lipinski definition) is 1. The van der Waals surface area contributed by atoms with Crippen LogP contribution >= 0.6 is 0 Å². The van der Waals surface area contributed by atoms with Crippen molar-refractivity contribution in [3.8, 4) is 0 Å². The van der Waals surface area contributed by atoms with E-state index in [0.29, 0.717) is 11.7 Å². The highest BCUT2D eigenvalue weighted by atomic mass is 16.5. The van der Waals surface area contributed by atoms with Gasteiger partial charge in [-0.3, -0.25) is 0 Å². The number of nitrogens with zero attached hydrogens (tertiary/aromatic N) is 3. The maximum Gasteiger partial charge on any atom is 0.318 e. The molecule has 7 heteroatoms. The van der Waals surface area contributed by atoms with Gasteiger partial charge in [-0.15, -0.1) is 0 Å². The molecule has 0 bridgehead atoms. The molecule has 1 atom stereocenters. The lowest BCUT2D eigenvalue weighted by atomic mass is 9.74. The Kier molecular flexibility index (Phi) is 4.33. The Morgan fingerprint density at radius 2 is 2.14 bits per heavy atom. The normalized spacial score (nSPS) is 22.5. The molecule has 1 spiro atoms. The summed E-state index contributed by atoms with van der Waals surface area (Å²) in [6.45, 7) is 6.88. The summed E-state index contributed by atoms with van der Waals surface area (Å²) >= 11 is 0. The predicted molar refractivity (Wildman–Crippen MR) is 79.3 cm³/mol. The van der Waals surface area contributed by atoms with Crippen molar-refractivity contribution in [2.75, 3.05) is 26.3 Å². The first-order chi connectivity index (χ1) is 10.6. The van der Waals surface area contributed by atoms with Gasteiger partial charge in [0.25, 0.3) is 0 Å². The minimum absolute atomic E-state index is 0.0473. The predicted octanol–water partition coefficient (Wildman–Crippen LogP) is 2.04. The number of likely N-dealkylation sites (tertiary alicyclic amines) is 1. The number of aryl methyl sites for hydroxylation is 1. The van der Waals surface area contributed by atoms with Crippen molar-refractivity contribution >= 4 is 6.03 Å². The average Bonchev–Trinajstić information content (AvgIpc) is 2.95. The first-order valence-electron chi connectivity index (χ1n) is 8.01.